The molecule has 0 fully saturated rings. The molecule has 0 spiro atoms. The molecule has 0 saturated carbocycles. The van der Waals surface area contributed by atoms with E-state index < -0.39 is 18.8 Å². The highest BCUT2D eigenvalue weighted by molar-refractivity contribution is 5.73. The molecule has 4 nitrogen and oxygen atoms in total. The fraction of sp³-hybridized carbons (Fsp3) is 0.300. The van der Waals surface area contributed by atoms with E-state index in [1.54, 1.807) is 0 Å². The van der Waals surface area contributed by atoms with E-state index >= 15 is 0 Å². The molecule has 1 aromatic carbocycles. The standard InChI is InChI=1S/C10H12FNO3/c11-6-15-8-3-1-7(2-4-8)5-9(12)10(13)14/h1-4,9H,5-6,12H2,(H,13,14)/i6D2. The quantitative estimate of drug-likeness (QED) is 0.766. The summed E-state index contributed by atoms with van der Waals surface area (Å²) in [5.41, 5.74) is 5.98. The first kappa shape index (κ1) is 8.67. The van der Waals surface area contributed by atoms with Crippen LogP contribution in [0.2, 0.25) is 0 Å². The molecule has 0 aliphatic heterocycles. The van der Waals surface area contributed by atoms with Gasteiger partial charge in [-0.1, -0.05) is 12.1 Å². The van der Waals surface area contributed by atoms with Gasteiger partial charge in [-0.2, -0.15) is 0 Å². The predicted octanol–water partition coefficient (Wildman–Crippen LogP) is 0.947. The van der Waals surface area contributed by atoms with Crippen molar-refractivity contribution in [2.75, 3.05) is 6.81 Å². The highest BCUT2D eigenvalue weighted by Crippen LogP contribution is 2.13. The Labute approximate surface area is 89.3 Å². The molecule has 1 aromatic rings. The zero-order valence-corrected chi connectivity index (χ0v) is 7.81. The normalized spacial score (nSPS) is 15.1. The van der Waals surface area contributed by atoms with Crippen molar-refractivity contribution in [2.24, 2.45) is 5.73 Å². The lowest BCUT2D eigenvalue weighted by Crippen LogP contribution is -2.32. The maximum absolute atomic E-state index is 12.5. The highest BCUT2D eigenvalue weighted by atomic mass is 19.1. The molecule has 1 rings (SSSR count). The van der Waals surface area contributed by atoms with Gasteiger partial charge in [-0.25, -0.2) is 4.39 Å². The third kappa shape index (κ3) is 3.55. The van der Waals surface area contributed by atoms with Gasteiger partial charge in [0.2, 0.25) is 6.81 Å². The summed E-state index contributed by atoms with van der Waals surface area (Å²) in [6.07, 6.45) is 0.137. The molecule has 1 atom stereocenters. The average Bonchev–Trinajstić information content (AvgIpc) is 2.18. The molecule has 3 N–H and O–H groups in total. The van der Waals surface area contributed by atoms with E-state index in [1.807, 2.05) is 0 Å². The summed E-state index contributed by atoms with van der Waals surface area (Å²) >= 11 is 0. The Balaban J connectivity index is 2.65. The Morgan fingerprint density at radius 1 is 1.60 bits per heavy atom. The molecule has 0 amide bonds. The Morgan fingerprint density at radius 2 is 2.20 bits per heavy atom. The molecule has 15 heavy (non-hydrogen) atoms. The zero-order valence-electron chi connectivity index (χ0n) is 9.81. The molecule has 0 heterocycles. The van der Waals surface area contributed by atoms with Crippen LogP contribution >= 0.6 is 0 Å². The molecule has 82 valence electrons. The molecule has 0 aromatic heterocycles. The van der Waals surface area contributed by atoms with Crippen LogP contribution in [-0.4, -0.2) is 23.9 Å². The SMILES string of the molecule is [2H]C([2H])(F)Oc1ccc(CC(N)C(=O)O)cc1. The average molecular weight is 215 g/mol. The van der Waals surface area contributed by atoms with Crippen molar-refractivity contribution in [2.45, 2.75) is 12.5 Å². The summed E-state index contributed by atoms with van der Waals surface area (Å²) in [6.45, 7) is -3.24. The second-order valence-electron chi connectivity index (χ2n) is 2.97. The lowest BCUT2D eigenvalue weighted by Gasteiger charge is -2.07. The van der Waals surface area contributed by atoms with Gasteiger partial charge in [-0.15, -0.1) is 0 Å². The van der Waals surface area contributed by atoms with Crippen LogP contribution in [0.4, 0.5) is 4.39 Å². The third-order valence-corrected chi connectivity index (χ3v) is 1.85. The zero-order chi connectivity index (χ0) is 13.1. The van der Waals surface area contributed by atoms with E-state index in [2.05, 4.69) is 4.74 Å². The molecular weight excluding hydrogens is 201 g/mol. The second kappa shape index (κ2) is 5.31. The topological polar surface area (TPSA) is 72.5 Å². The van der Waals surface area contributed by atoms with Crippen LogP contribution in [0.1, 0.15) is 8.30 Å². The Kier molecular flexibility index (Phi) is 3.07. The summed E-state index contributed by atoms with van der Waals surface area (Å²) in [4.78, 5) is 10.5. The van der Waals surface area contributed by atoms with E-state index in [0.717, 1.165) is 0 Å². The van der Waals surface area contributed by atoms with Crippen molar-refractivity contribution < 1.29 is 21.8 Å². The number of halogens is 1. The third-order valence-electron chi connectivity index (χ3n) is 1.85. The van der Waals surface area contributed by atoms with E-state index in [0.29, 0.717) is 5.56 Å². The summed E-state index contributed by atoms with van der Waals surface area (Å²) in [6, 6.07) is 4.70. The first-order valence-electron chi connectivity index (χ1n) is 5.23. The number of carboxylic acid groups (broad SMARTS) is 1. The molecule has 0 aliphatic carbocycles. The Hall–Kier alpha value is -1.62. The van der Waals surface area contributed by atoms with E-state index in [9.17, 15) is 9.18 Å². The molecule has 0 bridgehead atoms. The largest absolute Gasteiger partial charge is 0.480 e. The summed E-state index contributed by atoms with van der Waals surface area (Å²) in [5.74, 6) is -1.09. The van der Waals surface area contributed by atoms with Gasteiger partial charge in [0.15, 0.2) is 0 Å². The number of carbonyl (C=O) groups is 1. The Bertz CT molecular complexity index is 392. The first-order valence-corrected chi connectivity index (χ1v) is 4.23. The van der Waals surface area contributed by atoms with Gasteiger partial charge in [0.1, 0.15) is 14.5 Å². The van der Waals surface area contributed by atoms with Crippen molar-refractivity contribution in [3.05, 3.63) is 29.8 Å². The van der Waals surface area contributed by atoms with Crippen molar-refractivity contribution in [1.29, 1.82) is 0 Å². The molecule has 1 unspecified atom stereocenters. The number of nitrogens with two attached hydrogens (primary N) is 1. The van der Waals surface area contributed by atoms with Gasteiger partial charge in [0.25, 0.3) is 0 Å². The van der Waals surface area contributed by atoms with Crippen LogP contribution in [0.5, 0.6) is 5.75 Å². The maximum atomic E-state index is 12.5. The molecule has 0 aliphatic rings. The highest BCUT2D eigenvalue weighted by Gasteiger charge is 2.11. The predicted molar refractivity (Wildman–Crippen MR) is 52.4 cm³/mol. The second-order valence-corrected chi connectivity index (χ2v) is 2.97. The minimum absolute atomic E-state index is 0.0187. The fourth-order valence-electron chi connectivity index (χ4n) is 1.08. The molecular formula is C10H12FNO3. The number of hydrogen-bond acceptors (Lipinski definition) is 3. The van der Waals surface area contributed by atoms with Crippen molar-refractivity contribution in [3.8, 4) is 5.75 Å². The maximum Gasteiger partial charge on any atom is 0.320 e. The molecule has 5 heteroatoms. The number of carboxylic acids is 1. The van der Waals surface area contributed by atoms with Crippen molar-refractivity contribution in [1.82, 2.24) is 0 Å². The van der Waals surface area contributed by atoms with Crippen molar-refractivity contribution in [3.63, 3.8) is 0 Å². The fourth-order valence-corrected chi connectivity index (χ4v) is 1.08. The number of rotatable bonds is 5. The molecule has 0 radical (unpaired) electrons. The van der Waals surface area contributed by atoms with Crippen LogP contribution in [0.25, 0.3) is 0 Å². The van der Waals surface area contributed by atoms with Gasteiger partial charge in [0, 0.05) is 0 Å². The summed E-state index contributed by atoms with van der Waals surface area (Å²) < 4.78 is 30.0. The van der Waals surface area contributed by atoms with Gasteiger partial charge in [0.05, 0.1) is 0 Å². The number of ether oxygens (including phenoxy) is 1. The summed E-state index contributed by atoms with van der Waals surface area (Å²) in [5, 5.41) is 8.60. The van der Waals surface area contributed by atoms with Gasteiger partial charge in [-0.3, -0.25) is 4.79 Å². The van der Waals surface area contributed by atoms with E-state index in [4.69, 9.17) is 13.6 Å². The minimum atomic E-state index is -3.24. The molecule has 0 saturated heterocycles. The lowest BCUT2D eigenvalue weighted by atomic mass is 10.1. The smallest absolute Gasteiger partial charge is 0.320 e. The Morgan fingerprint density at radius 3 is 2.67 bits per heavy atom. The van der Waals surface area contributed by atoms with Crippen molar-refractivity contribution >= 4 is 5.97 Å². The minimum Gasteiger partial charge on any atom is -0.480 e. The lowest BCUT2D eigenvalue weighted by molar-refractivity contribution is -0.138. The number of alkyl halides is 1. The number of hydrogen-bond donors (Lipinski definition) is 2. The van der Waals surface area contributed by atoms with E-state index in [-0.39, 0.29) is 12.2 Å². The van der Waals surface area contributed by atoms with E-state index in [1.165, 1.54) is 24.3 Å². The van der Waals surface area contributed by atoms with Crippen LogP contribution in [0, 0.1) is 0 Å². The van der Waals surface area contributed by atoms with Crippen LogP contribution in [0.15, 0.2) is 24.3 Å². The van der Waals surface area contributed by atoms with Gasteiger partial charge < -0.3 is 15.6 Å². The van der Waals surface area contributed by atoms with Gasteiger partial charge >= 0.3 is 5.97 Å². The van der Waals surface area contributed by atoms with Crippen LogP contribution in [-0.2, 0) is 11.2 Å². The monoisotopic (exact) mass is 215 g/mol. The van der Waals surface area contributed by atoms with Crippen LogP contribution < -0.4 is 10.5 Å². The summed E-state index contributed by atoms with van der Waals surface area (Å²) in [7, 11) is 0. The number of benzene rings is 1. The number of aliphatic carboxylic acids is 1. The van der Waals surface area contributed by atoms with Crippen LogP contribution in [0.3, 0.4) is 0 Å². The van der Waals surface area contributed by atoms with Gasteiger partial charge in [-0.05, 0) is 24.1 Å². The first-order chi connectivity index (χ1) is 7.78.